The van der Waals surface area contributed by atoms with E-state index >= 15 is 0 Å². The highest BCUT2D eigenvalue weighted by molar-refractivity contribution is 6.51. The van der Waals surface area contributed by atoms with Crippen LogP contribution in [0.15, 0.2) is 66.2 Å². The summed E-state index contributed by atoms with van der Waals surface area (Å²) >= 11 is 0. The maximum Gasteiger partial charge on any atom is 0.308 e. The highest BCUT2D eigenvalue weighted by Crippen LogP contribution is 2.44. The Labute approximate surface area is 209 Å². The van der Waals surface area contributed by atoms with Gasteiger partial charge in [0.1, 0.15) is 17.3 Å². The molecule has 0 saturated carbocycles. The number of amides is 1. The van der Waals surface area contributed by atoms with Crippen LogP contribution in [-0.2, 0) is 14.4 Å². The van der Waals surface area contributed by atoms with Crippen molar-refractivity contribution in [3.8, 4) is 11.5 Å². The second kappa shape index (κ2) is 9.70. The van der Waals surface area contributed by atoms with Crippen molar-refractivity contribution in [3.05, 3.63) is 94.1 Å². The van der Waals surface area contributed by atoms with Crippen LogP contribution in [-0.4, -0.2) is 29.9 Å². The fourth-order valence-electron chi connectivity index (χ4n) is 4.57. The van der Waals surface area contributed by atoms with E-state index in [0.29, 0.717) is 22.6 Å². The Morgan fingerprint density at radius 3 is 2.25 bits per heavy atom. The smallest absolute Gasteiger partial charge is 0.308 e. The van der Waals surface area contributed by atoms with Gasteiger partial charge >= 0.3 is 5.97 Å². The number of aryl methyl sites for hydroxylation is 3. The van der Waals surface area contributed by atoms with Crippen molar-refractivity contribution in [1.82, 2.24) is 0 Å². The van der Waals surface area contributed by atoms with Gasteiger partial charge < -0.3 is 14.6 Å². The molecule has 36 heavy (non-hydrogen) atoms. The molecule has 0 aromatic heterocycles. The van der Waals surface area contributed by atoms with Crippen molar-refractivity contribution >= 4 is 29.1 Å². The van der Waals surface area contributed by atoms with Gasteiger partial charge in [-0.05, 0) is 73.9 Å². The van der Waals surface area contributed by atoms with E-state index in [9.17, 15) is 19.5 Å². The molecule has 7 nitrogen and oxygen atoms in total. The Hall–Kier alpha value is -4.39. The minimum atomic E-state index is -0.966. The molecule has 3 aromatic rings. The molecule has 1 aliphatic rings. The zero-order valence-corrected chi connectivity index (χ0v) is 20.8. The van der Waals surface area contributed by atoms with Crippen LogP contribution >= 0.6 is 0 Å². The van der Waals surface area contributed by atoms with Gasteiger partial charge in [-0.15, -0.1) is 0 Å². The summed E-state index contributed by atoms with van der Waals surface area (Å²) < 4.78 is 10.7. The lowest BCUT2D eigenvalue weighted by Crippen LogP contribution is -2.29. The molecule has 1 aliphatic heterocycles. The van der Waals surface area contributed by atoms with E-state index in [2.05, 4.69) is 0 Å². The SMILES string of the molecule is COc1ccc(C)cc1/C(O)=C1\C(=O)C(=O)N(c2cc(C)cc(C)c2)C1c1cccc(OC(C)=O)c1. The standard InChI is InChI=1S/C29H27NO6/c1-16-9-10-24(35-5)23(14-16)27(32)25-26(20-7-6-8-22(15-20)36-19(4)31)30(29(34)28(25)33)21-12-17(2)11-18(3)13-21/h6-15,26,32H,1-5H3/b27-25+. The number of rotatable bonds is 5. The van der Waals surface area contributed by atoms with Crippen molar-refractivity contribution in [2.75, 3.05) is 12.0 Å². The van der Waals surface area contributed by atoms with E-state index in [1.165, 1.54) is 18.9 Å². The molecule has 1 fully saturated rings. The van der Waals surface area contributed by atoms with Crippen LogP contribution in [0.5, 0.6) is 11.5 Å². The maximum absolute atomic E-state index is 13.5. The molecule has 1 saturated heterocycles. The summed E-state index contributed by atoms with van der Waals surface area (Å²) in [5.41, 5.74) is 3.92. The second-order valence-corrected chi connectivity index (χ2v) is 8.88. The average molecular weight is 486 g/mol. The molecule has 184 valence electrons. The number of anilines is 1. The van der Waals surface area contributed by atoms with Gasteiger partial charge in [-0.2, -0.15) is 0 Å². The summed E-state index contributed by atoms with van der Waals surface area (Å²) in [6.45, 7) is 6.95. The van der Waals surface area contributed by atoms with Crippen molar-refractivity contribution < 1.29 is 29.0 Å². The lowest BCUT2D eigenvalue weighted by molar-refractivity contribution is -0.132. The first kappa shape index (κ1) is 24.7. The van der Waals surface area contributed by atoms with Crippen molar-refractivity contribution in [1.29, 1.82) is 0 Å². The first-order chi connectivity index (χ1) is 17.1. The third-order valence-corrected chi connectivity index (χ3v) is 5.97. The summed E-state index contributed by atoms with van der Waals surface area (Å²) in [5, 5.41) is 11.5. The number of nitrogens with zero attached hydrogens (tertiary/aromatic N) is 1. The number of Topliss-reactive ketones (excluding diaryl/α,β-unsaturated/α-hetero) is 1. The van der Waals surface area contributed by atoms with E-state index < -0.39 is 23.7 Å². The van der Waals surface area contributed by atoms with Crippen LogP contribution < -0.4 is 14.4 Å². The van der Waals surface area contributed by atoms with Gasteiger partial charge in [0, 0.05) is 12.6 Å². The molecule has 0 radical (unpaired) electrons. The quantitative estimate of drug-likeness (QED) is 0.176. The summed E-state index contributed by atoms with van der Waals surface area (Å²) in [6.07, 6.45) is 0. The van der Waals surface area contributed by atoms with Gasteiger partial charge in [-0.3, -0.25) is 19.3 Å². The van der Waals surface area contributed by atoms with Gasteiger partial charge in [0.2, 0.25) is 0 Å². The van der Waals surface area contributed by atoms with E-state index in [1.807, 2.05) is 45.0 Å². The maximum atomic E-state index is 13.5. The van der Waals surface area contributed by atoms with Gasteiger partial charge in [-0.25, -0.2) is 0 Å². The Bertz CT molecular complexity index is 1400. The molecule has 7 heteroatoms. The predicted molar refractivity (Wildman–Crippen MR) is 136 cm³/mol. The number of benzene rings is 3. The normalized spacial score (nSPS) is 16.8. The zero-order chi connectivity index (χ0) is 26.1. The molecule has 1 amide bonds. The first-order valence-corrected chi connectivity index (χ1v) is 11.4. The molecule has 1 unspecified atom stereocenters. The fraction of sp³-hybridized carbons (Fsp3) is 0.207. The molecule has 4 rings (SSSR count). The lowest BCUT2D eigenvalue weighted by atomic mass is 9.94. The van der Waals surface area contributed by atoms with Gasteiger partial charge in [0.05, 0.1) is 24.3 Å². The number of carbonyl (C=O) groups excluding carboxylic acids is 3. The largest absolute Gasteiger partial charge is 0.507 e. The van der Waals surface area contributed by atoms with Crippen LogP contribution in [0, 0.1) is 20.8 Å². The third-order valence-electron chi connectivity index (χ3n) is 5.97. The molecular weight excluding hydrogens is 458 g/mol. The molecule has 0 bridgehead atoms. The number of aliphatic hydroxyl groups is 1. The summed E-state index contributed by atoms with van der Waals surface area (Å²) in [4.78, 5) is 39.9. The minimum absolute atomic E-state index is 0.0805. The Morgan fingerprint density at radius 2 is 1.61 bits per heavy atom. The van der Waals surface area contributed by atoms with E-state index in [-0.39, 0.29) is 17.1 Å². The van der Waals surface area contributed by atoms with Crippen molar-refractivity contribution in [2.45, 2.75) is 33.7 Å². The van der Waals surface area contributed by atoms with Crippen LogP contribution in [0.25, 0.3) is 5.76 Å². The van der Waals surface area contributed by atoms with E-state index in [1.54, 1.807) is 36.4 Å². The predicted octanol–water partition coefficient (Wildman–Crippen LogP) is 5.17. The highest BCUT2D eigenvalue weighted by atomic mass is 16.5. The highest BCUT2D eigenvalue weighted by Gasteiger charge is 2.47. The van der Waals surface area contributed by atoms with Crippen LogP contribution in [0.1, 0.15) is 40.8 Å². The molecule has 0 aliphatic carbocycles. The number of hydrogen-bond acceptors (Lipinski definition) is 6. The third kappa shape index (κ3) is 4.60. The number of hydrogen-bond donors (Lipinski definition) is 1. The number of ketones is 1. The summed E-state index contributed by atoms with van der Waals surface area (Å²) in [5.74, 6) is -1.81. The number of aliphatic hydroxyl groups excluding tert-OH is 1. The summed E-state index contributed by atoms with van der Waals surface area (Å²) in [7, 11) is 1.47. The molecule has 1 heterocycles. The molecule has 1 atom stereocenters. The van der Waals surface area contributed by atoms with Crippen molar-refractivity contribution in [3.63, 3.8) is 0 Å². The van der Waals surface area contributed by atoms with Gasteiger partial charge in [0.25, 0.3) is 11.7 Å². The van der Waals surface area contributed by atoms with Gasteiger partial charge in [-0.1, -0.05) is 29.8 Å². The van der Waals surface area contributed by atoms with E-state index in [0.717, 1.165) is 16.7 Å². The number of esters is 1. The molecule has 3 aromatic carbocycles. The van der Waals surface area contributed by atoms with Crippen LogP contribution in [0.3, 0.4) is 0 Å². The zero-order valence-electron chi connectivity index (χ0n) is 20.8. The lowest BCUT2D eigenvalue weighted by Gasteiger charge is -2.26. The Kier molecular flexibility index (Phi) is 6.66. The monoisotopic (exact) mass is 485 g/mol. The Balaban J connectivity index is 2.01. The van der Waals surface area contributed by atoms with Crippen LogP contribution in [0.2, 0.25) is 0 Å². The fourth-order valence-corrected chi connectivity index (χ4v) is 4.57. The average Bonchev–Trinajstić information content (AvgIpc) is 3.08. The van der Waals surface area contributed by atoms with Crippen molar-refractivity contribution in [2.24, 2.45) is 0 Å². The number of methoxy groups -OCH3 is 1. The first-order valence-electron chi connectivity index (χ1n) is 11.4. The Morgan fingerprint density at radius 1 is 0.917 bits per heavy atom. The summed E-state index contributed by atoms with van der Waals surface area (Å²) in [6, 6.07) is 16.4. The number of ether oxygens (including phenoxy) is 2. The van der Waals surface area contributed by atoms with Crippen LogP contribution in [0.4, 0.5) is 5.69 Å². The molecule has 0 spiro atoms. The second-order valence-electron chi connectivity index (χ2n) is 8.88. The molecular formula is C29H27NO6. The molecule has 1 N–H and O–H groups in total. The minimum Gasteiger partial charge on any atom is -0.507 e. The topological polar surface area (TPSA) is 93.1 Å². The number of carbonyl (C=O) groups is 3. The van der Waals surface area contributed by atoms with Gasteiger partial charge in [0.15, 0.2) is 0 Å². The van der Waals surface area contributed by atoms with E-state index in [4.69, 9.17) is 9.47 Å².